The van der Waals surface area contributed by atoms with Crippen LogP contribution in [0, 0.1) is 5.92 Å². The van der Waals surface area contributed by atoms with Crippen molar-refractivity contribution in [1.29, 1.82) is 0 Å². The molecule has 0 aromatic heterocycles. The highest BCUT2D eigenvalue weighted by molar-refractivity contribution is 6.17. The zero-order valence-corrected chi connectivity index (χ0v) is 12.2. The van der Waals surface area contributed by atoms with E-state index in [0.29, 0.717) is 24.8 Å². The molecule has 0 aromatic rings. The molecule has 1 aliphatic rings. The van der Waals surface area contributed by atoms with Crippen molar-refractivity contribution in [2.45, 2.75) is 57.4 Å². The van der Waals surface area contributed by atoms with Crippen molar-refractivity contribution in [1.82, 2.24) is 5.32 Å². The molecule has 0 radical (unpaired) electrons. The molecule has 1 saturated carbocycles. The molecule has 0 bridgehead atoms. The maximum Gasteiger partial charge on any atom is 0.220 e. The molecule has 1 N–H and O–H groups in total. The van der Waals surface area contributed by atoms with Gasteiger partial charge < -0.3 is 10.1 Å². The third-order valence-electron chi connectivity index (χ3n) is 3.64. The van der Waals surface area contributed by atoms with Crippen LogP contribution >= 0.6 is 11.6 Å². The summed E-state index contributed by atoms with van der Waals surface area (Å²) in [4.78, 5) is 12.0. The Bertz CT molecular complexity index is 216. The first-order valence-electron chi connectivity index (χ1n) is 7.10. The van der Waals surface area contributed by atoms with Crippen molar-refractivity contribution >= 4 is 17.5 Å². The maximum atomic E-state index is 12.0. The number of carbonyl (C=O) groups excluding carboxylic acids is 1. The number of carbonyl (C=O) groups is 1. The van der Waals surface area contributed by atoms with Gasteiger partial charge in [-0.05, 0) is 25.2 Å². The van der Waals surface area contributed by atoms with Gasteiger partial charge in [-0.1, -0.05) is 25.7 Å². The third kappa shape index (κ3) is 6.60. The average Bonchev–Trinajstić information content (AvgIpc) is 2.58. The number of halogens is 1. The molecular weight excluding hydrogens is 250 g/mol. The van der Waals surface area contributed by atoms with Crippen molar-refractivity contribution in [3.63, 3.8) is 0 Å². The topological polar surface area (TPSA) is 38.3 Å². The van der Waals surface area contributed by atoms with Crippen molar-refractivity contribution in [3.05, 3.63) is 0 Å². The molecule has 3 nitrogen and oxygen atoms in total. The predicted molar refractivity (Wildman–Crippen MR) is 75.0 cm³/mol. The van der Waals surface area contributed by atoms with Gasteiger partial charge in [0.2, 0.25) is 5.91 Å². The van der Waals surface area contributed by atoms with Crippen molar-refractivity contribution in [3.8, 4) is 0 Å². The zero-order valence-electron chi connectivity index (χ0n) is 11.4. The van der Waals surface area contributed by atoms with E-state index in [4.69, 9.17) is 16.3 Å². The minimum absolute atomic E-state index is 0.0609. The Morgan fingerprint density at radius 2 is 2.00 bits per heavy atom. The van der Waals surface area contributed by atoms with E-state index >= 15 is 0 Å². The van der Waals surface area contributed by atoms with Gasteiger partial charge in [-0.15, -0.1) is 11.6 Å². The fourth-order valence-electron chi connectivity index (χ4n) is 2.65. The lowest BCUT2D eigenvalue weighted by Crippen LogP contribution is -2.39. The molecule has 1 rings (SSSR count). The predicted octanol–water partition coefficient (Wildman–Crippen LogP) is 3.11. The fraction of sp³-hybridized carbons (Fsp3) is 0.929. The summed E-state index contributed by atoms with van der Waals surface area (Å²) in [5.41, 5.74) is 0. The standard InChI is InChI=1S/C14H26ClNO2/c1-18-11-13(8-9-15)16-14(17)10-12-6-4-2-3-5-7-12/h12-13H,2-11H2,1H3,(H,16,17). The molecule has 1 aliphatic carbocycles. The molecule has 18 heavy (non-hydrogen) atoms. The normalized spacial score (nSPS) is 19.2. The highest BCUT2D eigenvalue weighted by Crippen LogP contribution is 2.25. The van der Waals surface area contributed by atoms with Crippen LogP contribution in [-0.4, -0.2) is 31.5 Å². The van der Waals surface area contributed by atoms with Gasteiger partial charge in [-0.3, -0.25) is 4.79 Å². The minimum atomic E-state index is 0.0609. The fourth-order valence-corrected chi connectivity index (χ4v) is 2.91. The second-order valence-electron chi connectivity index (χ2n) is 5.26. The number of ether oxygens (including phenoxy) is 1. The van der Waals surface area contributed by atoms with Gasteiger partial charge in [0.25, 0.3) is 0 Å². The molecule has 0 spiro atoms. The van der Waals surface area contributed by atoms with Gasteiger partial charge in [0, 0.05) is 19.4 Å². The highest BCUT2D eigenvalue weighted by Gasteiger charge is 2.18. The lowest BCUT2D eigenvalue weighted by atomic mass is 9.96. The van der Waals surface area contributed by atoms with E-state index in [2.05, 4.69) is 5.32 Å². The lowest BCUT2D eigenvalue weighted by Gasteiger charge is -2.19. The van der Waals surface area contributed by atoms with E-state index < -0.39 is 0 Å². The number of nitrogens with one attached hydrogen (secondary N) is 1. The number of alkyl halides is 1. The van der Waals surface area contributed by atoms with Gasteiger partial charge in [-0.25, -0.2) is 0 Å². The summed E-state index contributed by atoms with van der Waals surface area (Å²) < 4.78 is 5.09. The van der Waals surface area contributed by atoms with Gasteiger partial charge in [-0.2, -0.15) is 0 Å². The van der Waals surface area contributed by atoms with E-state index in [-0.39, 0.29) is 11.9 Å². The smallest absolute Gasteiger partial charge is 0.220 e. The SMILES string of the molecule is COCC(CCCl)NC(=O)CC1CCCCCC1. The summed E-state index contributed by atoms with van der Waals surface area (Å²) in [6, 6.07) is 0.0609. The van der Waals surface area contributed by atoms with Crippen LogP contribution in [-0.2, 0) is 9.53 Å². The Hall–Kier alpha value is -0.280. The monoisotopic (exact) mass is 275 g/mol. The van der Waals surface area contributed by atoms with Crippen molar-refractivity contribution < 1.29 is 9.53 Å². The first kappa shape index (κ1) is 15.8. The maximum absolute atomic E-state index is 12.0. The van der Waals surface area contributed by atoms with Crippen molar-refractivity contribution in [2.75, 3.05) is 19.6 Å². The van der Waals surface area contributed by atoms with Gasteiger partial charge in [0.05, 0.1) is 12.6 Å². The molecule has 1 fully saturated rings. The molecular formula is C14H26ClNO2. The van der Waals surface area contributed by atoms with Crippen LogP contribution in [0.3, 0.4) is 0 Å². The molecule has 1 amide bonds. The number of rotatable bonds is 7. The molecule has 4 heteroatoms. The molecule has 1 unspecified atom stereocenters. The van der Waals surface area contributed by atoms with Crippen LogP contribution in [0.4, 0.5) is 0 Å². The number of amides is 1. The molecule has 106 valence electrons. The second kappa shape index (κ2) is 9.62. The Kier molecular flexibility index (Phi) is 8.44. The van der Waals surface area contributed by atoms with Crippen LogP contribution in [0.15, 0.2) is 0 Å². The lowest BCUT2D eigenvalue weighted by molar-refractivity contribution is -0.123. The van der Waals surface area contributed by atoms with Gasteiger partial charge in [0.15, 0.2) is 0 Å². The highest BCUT2D eigenvalue weighted by atomic mass is 35.5. The largest absolute Gasteiger partial charge is 0.383 e. The Morgan fingerprint density at radius 1 is 1.33 bits per heavy atom. The summed E-state index contributed by atoms with van der Waals surface area (Å²) in [5, 5.41) is 3.04. The Morgan fingerprint density at radius 3 is 2.56 bits per heavy atom. The van der Waals surface area contributed by atoms with Crippen LogP contribution < -0.4 is 5.32 Å². The van der Waals surface area contributed by atoms with Crippen LogP contribution in [0.2, 0.25) is 0 Å². The van der Waals surface area contributed by atoms with Gasteiger partial charge >= 0.3 is 0 Å². The molecule has 0 aliphatic heterocycles. The molecule has 1 atom stereocenters. The van der Waals surface area contributed by atoms with Crippen LogP contribution in [0.5, 0.6) is 0 Å². The van der Waals surface area contributed by atoms with E-state index in [1.54, 1.807) is 7.11 Å². The quantitative estimate of drug-likeness (QED) is 0.573. The van der Waals surface area contributed by atoms with E-state index in [1.165, 1.54) is 38.5 Å². The minimum Gasteiger partial charge on any atom is -0.383 e. The van der Waals surface area contributed by atoms with E-state index in [0.717, 1.165) is 6.42 Å². The Labute approximate surface area is 116 Å². The van der Waals surface area contributed by atoms with Crippen molar-refractivity contribution in [2.24, 2.45) is 5.92 Å². The molecule has 0 aromatic carbocycles. The summed E-state index contributed by atoms with van der Waals surface area (Å²) in [6.07, 6.45) is 9.07. The van der Waals surface area contributed by atoms with E-state index in [1.807, 2.05) is 0 Å². The molecule has 0 saturated heterocycles. The first-order chi connectivity index (χ1) is 8.76. The number of hydrogen-bond acceptors (Lipinski definition) is 2. The summed E-state index contributed by atoms with van der Waals surface area (Å²) in [5.74, 6) is 1.29. The molecule has 0 heterocycles. The zero-order chi connectivity index (χ0) is 13.2. The Balaban J connectivity index is 2.29. The van der Waals surface area contributed by atoms with Gasteiger partial charge in [0.1, 0.15) is 0 Å². The van der Waals surface area contributed by atoms with E-state index in [9.17, 15) is 4.79 Å². The van der Waals surface area contributed by atoms with Crippen LogP contribution in [0.1, 0.15) is 51.4 Å². The summed E-state index contributed by atoms with van der Waals surface area (Å²) in [7, 11) is 1.65. The summed E-state index contributed by atoms with van der Waals surface area (Å²) in [6.45, 7) is 0.545. The third-order valence-corrected chi connectivity index (χ3v) is 3.86. The summed E-state index contributed by atoms with van der Waals surface area (Å²) >= 11 is 5.72. The second-order valence-corrected chi connectivity index (χ2v) is 5.64. The van der Waals surface area contributed by atoms with Crippen LogP contribution in [0.25, 0.3) is 0 Å². The average molecular weight is 276 g/mol. The first-order valence-corrected chi connectivity index (χ1v) is 7.64. The number of hydrogen-bond donors (Lipinski definition) is 1. The number of methoxy groups -OCH3 is 1.